The molecule has 0 radical (unpaired) electrons. The van der Waals surface area contributed by atoms with Gasteiger partial charge in [-0.2, -0.15) is 9.78 Å². The molecule has 3 heterocycles. The Morgan fingerprint density at radius 3 is 2.53 bits per heavy atom. The summed E-state index contributed by atoms with van der Waals surface area (Å²) in [5.74, 6) is 1.02. The van der Waals surface area contributed by atoms with Crippen molar-refractivity contribution in [3.63, 3.8) is 0 Å². The highest BCUT2D eigenvalue weighted by Crippen LogP contribution is 2.34. The largest absolute Gasteiger partial charge is 0.347 e. The highest BCUT2D eigenvalue weighted by atomic mass is 32.1. The zero-order valence-corrected chi connectivity index (χ0v) is 18.5. The van der Waals surface area contributed by atoms with Gasteiger partial charge in [0, 0.05) is 24.2 Å². The number of nitrogens with zero attached hydrogens (tertiary/aromatic N) is 5. The van der Waals surface area contributed by atoms with Crippen LogP contribution < -0.4 is 10.2 Å². The maximum atomic E-state index is 13.0. The highest BCUT2D eigenvalue weighted by molar-refractivity contribution is 7.20. The molecule has 0 saturated carbocycles. The average molecular weight is 443 g/mol. The summed E-state index contributed by atoms with van der Waals surface area (Å²) in [4.78, 5) is 20.9. The van der Waals surface area contributed by atoms with Crippen LogP contribution in [0.2, 0.25) is 0 Å². The van der Waals surface area contributed by atoms with Gasteiger partial charge >= 0.3 is 0 Å². The van der Waals surface area contributed by atoms with E-state index < -0.39 is 0 Å². The lowest BCUT2D eigenvalue weighted by Crippen LogP contribution is -2.32. The number of rotatable bonds is 4. The number of nitrogens with one attached hydrogen (secondary N) is 1. The SMILES string of the molecule is CC1CCN(c2nn3c(NC(=O)c4ccc(C#N)cc4)c(-c4ccccc4)nc3s2)CC1. The monoisotopic (exact) mass is 442 g/mol. The minimum absolute atomic E-state index is 0.269. The van der Waals surface area contributed by atoms with E-state index in [0.717, 1.165) is 47.5 Å². The fraction of sp³-hybridized carbons (Fsp3) is 0.250. The second-order valence-electron chi connectivity index (χ2n) is 8.07. The van der Waals surface area contributed by atoms with Gasteiger partial charge in [0.15, 0.2) is 5.82 Å². The van der Waals surface area contributed by atoms with E-state index in [1.165, 1.54) is 0 Å². The quantitative estimate of drug-likeness (QED) is 0.490. The summed E-state index contributed by atoms with van der Waals surface area (Å²) in [5.41, 5.74) is 2.58. The molecule has 160 valence electrons. The van der Waals surface area contributed by atoms with E-state index in [9.17, 15) is 4.79 Å². The molecule has 7 nitrogen and oxygen atoms in total. The van der Waals surface area contributed by atoms with Crippen molar-refractivity contribution in [2.45, 2.75) is 19.8 Å². The van der Waals surface area contributed by atoms with Crippen LogP contribution in [0, 0.1) is 17.2 Å². The Morgan fingerprint density at radius 2 is 1.84 bits per heavy atom. The van der Waals surface area contributed by atoms with E-state index in [1.807, 2.05) is 30.3 Å². The maximum Gasteiger partial charge on any atom is 0.256 e. The number of fused-ring (bicyclic) bond motifs is 1. The van der Waals surface area contributed by atoms with E-state index in [1.54, 1.807) is 40.1 Å². The molecule has 0 aliphatic carbocycles. The Hall–Kier alpha value is -3.70. The zero-order valence-electron chi connectivity index (χ0n) is 17.7. The van der Waals surface area contributed by atoms with Gasteiger partial charge in [0.1, 0.15) is 5.69 Å². The van der Waals surface area contributed by atoms with Crippen molar-refractivity contribution in [3.8, 4) is 17.3 Å². The molecule has 0 atom stereocenters. The first kappa shape index (κ1) is 20.2. The predicted molar refractivity (Wildman–Crippen MR) is 126 cm³/mol. The van der Waals surface area contributed by atoms with Gasteiger partial charge in [-0.25, -0.2) is 4.98 Å². The third kappa shape index (κ3) is 3.83. The zero-order chi connectivity index (χ0) is 22.1. The summed E-state index contributed by atoms with van der Waals surface area (Å²) >= 11 is 1.54. The van der Waals surface area contributed by atoms with Crippen LogP contribution in [0.1, 0.15) is 35.7 Å². The van der Waals surface area contributed by atoms with Gasteiger partial charge in [-0.3, -0.25) is 4.79 Å². The van der Waals surface area contributed by atoms with Crippen LogP contribution in [0.15, 0.2) is 54.6 Å². The van der Waals surface area contributed by atoms with Crippen molar-refractivity contribution >= 4 is 33.2 Å². The van der Waals surface area contributed by atoms with Crippen LogP contribution in [0.25, 0.3) is 16.2 Å². The van der Waals surface area contributed by atoms with Crippen LogP contribution in [0.5, 0.6) is 0 Å². The average Bonchev–Trinajstić information content (AvgIpc) is 3.39. The fourth-order valence-electron chi connectivity index (χ4n) is 3.85. The molecule has 32 heavy (non-hydrogen) atoms. The van der Waals surface area contributed by atoms with E-state index in [-0.39, 0.29) is 5.91 Å². The van der Waals surface area contributed by atoms with Gasteiger partial charge in [0.2, 0.25) is 10.1 Å². The van der Waals surface area contributed by atoms with Gasteiger partial charge in [0.25, 0.3) is 5.91 Å². The number of piperidine rings is 1. The van der Waals surface area contributed by atoms with E-state index in [2.05, 4.69) is 23.2 Å². The number of carbonyl (C=O) groups excluding carboxylic acids is 1. The summed E-state index contributed by atoms with van der Waals surface area (Å²) in [6.45, 7) is 4.25. The topological polar surface area (TPSA) is 86.3 Å². The van der Waals surface area contributed by atoms with Crippen molar-refractivity contribution in [1.29, 1.82) is 5.26 Å². The van der Waals surface area contributed by atoms with Crippen LogP contribution in [-0.4, -0.2) is 33.6 Å². The lowest BCUT2D eigenvalue weighted by Gasteiger charge is -2.29. The molecule has 8 heteroatoms. The van der Waals surface area contributed by atoms with Gasteiger partial charge in [-0.15, -0.1) is 5.10 Å². The first-order valence-corrected chi connectivity index (χ1v) is 11.5. The number of hydrogen-bond acceptors (Lipinski definition) is 6. The summed E-state index contributed by atoms with van der Waals surface area (Å²) < 4.78 is 1.74. The summed E-state index contributed by atoms with van der Waals surface area (Å²) in [5, 5.41) is 17.8. The number of anilines is 2. The molecular weight excluding hydrogens is 420 g/mol. The second kappa shape index (κ2) is 8.44. The van der Waals surface area contributed by atoms with E-state index >= 15 is 0 Å². The molecule has 1 N–H and O–H groups in total. The molecule has 1 amide bonds. The second-order valence-corrected chi connectivity index (χ2v) is 9.00. The van der Waals surface area contributed by atoms with Crippen molar-refractivity contribution in [2.75, 3.05) is 23.3 Å². The van der Waals surface area contributed by atoms with Gasteiger partial charge in [-0.05, 0) is 43.0 Å². The van der Waals surface area contributed by atoms with Gasteiger partial charge < -0.3 is 10.2 Å². The molecule has 0 spiro atoms. The van der Waals surface area contributed by atoms with Crippen LogP contribution in [0.3, 0.4) is 0 Å². The number of aromatic nitrogens is 3. The Morgan fingerprint density at radius 1 is 1.12 bits per heavy atom. The number of carbonyl (C=O) groups is 1. The van der Waals surface area contributed by atoms with Crippen molar-refractivity contribution in [3.05, 3.63) is 65.7 Å². The molecule has 2 aromatic carbocycles. The van der Waals surface area contributed by atoms with E-state index in [4.69, 9.17) is 15.3 Å². The third-order valence-electron chi connectivity index (χ3n) is 5.80. The van der Waals surface area contributed by atoms with Gasteiger partial charge in [-0.1, -0.05) is 48.6 Å². The minimum Gasteiger partial charge on any atom is -0.347 e. The first-order chi connectivity index (χ1) is 15.6. The number of imidazole rings is 1. The molecule has 1 aliphatic heterocycles. The Bertz CT molecular complexity index is 1290. The van der Waals surface area contributed by atoms with Crippen molar-refractivity contribution in [1.82, 2.24) is 14.6 Å². The van der Waals surface area contributed by atoms with Crippen LogP contribution >= 0.6 is 11.3 Å². The minimum atomic E-state index is -0.269. The highest BCUT2D eigenvalue weighted by Gasteiger charge is 2.24. The first-order valence-electron chi connectivity index (χ1n) is 10.6. The molecule has 1 saturated heterocycles. The number of nitriles is 1. The molecule has 2 aromatic heterocycles. The summed E-state index contributed by atoms with van der Waals surface area (Å²) in [7, 11) is 0. The summed E-state index contributed by atoms with van der Waals surface area (Å²) in [6.07, 6.45) is 2.30. The smallest absolute Gasteiger partial charge is 0.256 e. The predicted octanol–water partition coefficient (Wildman–Crippen LogP) is 4.82. The molecule has 0 bridgehead atoms. The van der Waals surface area contributed by atoms with Crippen molar-refractivity contribution < 1.29 is 4.79 Å². The van der Waals surface area contributed by atoms with Crippen LogP contribution in [0.4, 0.5) is 10.9 Å². The lowest BCUT2D eigenvalue weighted by atomic mass is 10.00. The number of amides is 1. The summed E-state index contributed by atoms with van der Waals surface area (Å²) in [6, 6.07) is 18.4. The normalized spacial score (nSPS) is 14.4. The van der Waals surface area contributed by atoms with Crippen molar-refractivity contribution in [2.24, 2.45) is 5.92 Å². The molecular formula is C24H22N6OS. The maximum absolute atomic E-state index is 13.0. The third-order valence-corrected chi connectivity index (χ3v) is 6.77. The Balaban J connectivity index is 1.52. The molecule has 0 unspecified atom stereocenters. The Kier molecular flexibility index (Phi) is 5.33. The molecule has 4 aromatic rings. The van der Waals surface area contributed by atoms with Crippen LogP contribution in [-0.2, 0) is 0 Å². The molecule has 1 aliphatic rings. The van der Waals surface area contributed by atoms with Gasteiger partial charge in [0.05, 0.1) is 11.6 Å². The molecule has 5 rings (SSSR count). The number of hydrogen-bond donors (Lipinski definition) is 1. The molecule has 1 fully saturated rings. The van der Waals surface area contributed by atoms with E-state index in [0.29, 0.717) is 22.6 Å². The Labute approximate surface area is 189 Å². The standard InChI is InChI=1S/C24H22N6OS/c1-16-11-13-29(14-12-16)24-28-30-21(27-22(31)19-9-7-17(15-25)8-10-19)20(26-23(30)32-24)18-5-3-2-4-6-18/h2-10,16H,11-14H2,1H3,(H,27,31). The fourth-order valence-corrected chi connectivity index (χ4v) is 4.80. The number of benzene rings is 2. The lowest BCUT2D eigenvalue weighted by molar-refractivity contribution is 0.102.